The molecule has 1 aliphatic heterocycles. The van der Waals surface area contributed by atoms with Gasteiger partial charge in [0.1, 0.15) is 23.2 Å². The van der Waals surface area contributed by atoms with Crippen LogP contribution in [0.5, 0.6) is 5.75 Å². The van der Waals surface area contributed by atoms with Crippen molar-refractivity contribution in [3.63, 3.8) is 0 Å². The van der Waals surface area contributed by atoms with E-state index in [0.29, 0.717) is 6.42 Å². The lowest BCUT2D eigenvalue weighted by atomic mass is 9.83. The number of carbonyl (C=O) groups is 1. The number of hydrogen-bond donors (Lipinski definition) is 1. The minimum absolute atomic E-state index is 0.232. The SMILES string of the molecule is CCC1(CC)C[C@@H](NC(=O)[C@H](C)N(c2ccc(F)cc2)S(C)(=O)=O)c2ccccc2O1. The average molecular weight is 449 g/mol. The number of nitrogens with zero attached hydrogens (tertiary/aromatic N) is 1. The highest BCUT2D eigenvalue weighted by atomic mass is 32.2. The third-order valence-corrected chi connectivity index (χ3v) is 7.21. The highest BCUT2D eigenvalue weighted by Crippen LogP contribution is 2.42. The van der Waals surface area contributed by atoms with E-state index in [-0.39, 0.29) is 11.7 Å². The fraction of sp³-hybridized carbons (Fsp3) is 0.435. The Bertz CT molecular complexity index is 1040. The lowest BCUT2D eigenvalue weighted by Gasteiger charge is -2.42. The number of amides is 1. The van der Waals surface area contributed by atoms with E-state index in [1.807, 2.05) is 24.3 Å². The number of hydrogen-bond acceptors (Lipinski definition) is 4. The van der Waals surface area contributed by atoms with Crippen molar-refractivity contribution in [2.45, 2.75) is 57.7 Å². The van der Waals surface area contributed by atoms with Gasteiger partial charge in [-0.3, -0.25) is 9.10 Å². The van der Waals surface area contributed by atoms with Crippen LogP contribution in [0.15, 0.2) is 48.5 Å². The zero-order chi connectivity index (χ0) is 22.8. The Morgan fingerprint density at radius 1 is 1.19 bits per heavy atom. The van der Waals surface area contributed by atoms with Gasteiger partial charge in [-0.25, -0.2) is 12.8 Å². The second-order valence-corrected chi connectivity index (χ2v) is 9.87. The summed E-state index contributed by atoms with van der Waals surface area (Å²) in [5.41, 5.74) is 0.701. The van der Waals surface area contributed by atoms with E-state index in [2.05, 4.69) is 19.2 Å². The van der Waals surface area contributed by atoms with E-state index in [0.717, 1.165) is 34.7 Å². The molecular weight excluding hydrogens is 419 g/mol. The van der Waals surface area contributed by atoms with Gasteiger partial charge in [-0.15, -0.1) is 0 Å². The Morgan fingerprint density at radius 3 is 2.39 bits per heavy atom. The number of nitrogens with one attached hydrogen (secondary N) is 1. The van der Waals surface area contributed by atoms with Crippen LogP contribution in [0, 0.1) is 5.82 Å². The van der Waals surface area contributed by atoms with Gasteiger partial charge in [-0.2, -0.15) is 0 Å². The van der Waals surface area contributed by atoms with Crippen LogP contribution in [0.4, 0.5) is 10.1 Å². The summed E-state index contributed by atoms with van der Waals surface area (Å²) in [6.45, 7) is 5.63. The molecule has 3 rings (SSSR count). The molecule has 0 fully saturated rings. The Kier molecular flexibility index (Phi) is 6.59. The van der Waals surface area contributed by atoms with Crippen LogP contribution in [0.25, 0.3) is 0 Å². The summed E-state index contributed by atoms with van der Waals surface area (Å²) in [4.78, 5) is 13.2. The van der Waals surface area contributed by atoms with Crippen LogP contribution in [-0.4, -0.2) is 32.2 Å². The summed E-state index contributed by atoms with van der Waals surface area (Å²) in [5.74, 6) is -0.185. The first-order valence-corrected chi connectivity index (χ1v) is 12.3. The lowest BCUT2D eigenvalue weighted by molar-refractivity contribution is -0.123. The van der Waals surface area contributed by atoms with Crippen molar-refractivity contribution in [2.75, 3.05) is 10.6 Å². The van der Waals surface area contributed by atoms with E-state index in [1.165, 1.54) is 31.2 Å². The zero-order valence-electron chi connectivity index (χ0n) is 18.3. The van der Waals surface area contributed by atoms with Crippen molar-refractivity contribution >= 4 is 21.6 Å². The van der Waals surface area contributed by atoms with E-state index >= 15 is 0 Å². The molecule has 0 saturated heterocycles. The molecule has 1 amide bonds. The largest absolute Gasteiger partial charge is 0.487 e. The van der Waals surface area contributed by atoms with E-state index < -0.39 is 33.4 Å². The molecule has 31 heavy (non-hydrogen) atoms. The van der Waals surface area contributed by atoms with Gasteiger partial charge in [0.05, 0.1) is 18.0 Å². The molecule has 2 atom stereocenters. The third kappa shape index (κ3) is 4.84. The molecule has 1 N–H and O–H groups in total. The summed E-state index contributed by atoms with van der Waals surface area (Å²) in [5, 5.41) is 3.03. The number of para-hydroxylation sites is 1. The average Bonchev–Trinajstić information content (AvgIpc) is 2.74. The maximum Gasteiger partial charge on any atom is 0.244 e. The number of rotatable bonds is 7. The lowest BCUT2D eigenvalue weighted by Crippen LogP contribution is -2.51. The second kappa shape index (κ2) is 8.86. The van der Waals surface area contributed by atoms with Gasteiger partial charge in [0, 0.05) is 12.0 Å². The van der Waals surface area contributed by atoms with Crippen LogP contribution in [-0.2, 0) is 14.8 Å². The van der Waals surface area contributed by atoms with Gasteiger partial charge >= 0.3 is 0 Å². The first kappa shape index (κ1) is 23.1. The van der Waals surface area contributed by atoms with Crippen molar-refractivity contribution < 1.29 is 22.3 Å². The van der Waals surface area contributed by atoms with Gasteiger partial charge in [-0.05, 0) is 50.1 Å². The number of fused-ring (bicyclic) bond motifs is 1. The van der Waals surface area contributed by atoms with E-state index in [1.54, 1.807) is 0 Å². The molecule has 2 aromatic carbocycles. The topological polar surface area (TPSA) is 75.7 Å². The minimum Gasteiger partial charge on any atom is -0.487 e. The Morgan fingerprint density at radius 2 is 1.81 bits per heavy atom. The van der Waals surface area contributed by atoms with Crippen LogP contribution < -0.4 is 14.4 Å². The molecule has 0 spiro atoms. The number of halogens is 1. The van der Waals surface area contributed by atoms with Crippen LogP contribution in [0.3, 0.4) is 0 Å². The molecular formula is C23H29FN2O4S. The molecule has 0 bridgehead atoms. The van der Waals surface area contributed by atoms with Crippen LogP contribution >= 0.6 is 0 Å². The standard InChI is InChI=1S/C23H29FN2O4S/c1-5-23(6-2)15-20(19-9-7-8-10-21(19)30-23)25-22(27)16(3)26(31(4,28)29)18-13-11-17(24)12-14-18/h7-14,16,20H,5-6,15H2,1-4H3,(H,25,27)/t16-,20+/m0/s1. The maximum atomic E-state index is 13.3. The van der Waals surface area contributed by atoms with Crippen molar-refractivity contribution in [3.05, 3.63) is 59.9 Å². The summed E-state index contributed by atoms with van der Waals surface area (Å²) in [7, 11) is -3.78. The maximum absolute atomic E-state index is 13.3. The van der Waals surface area contributed by atoms with Gasteiger partial charge < -0.3 is 10.1 Å². The van der Waals surface area contributed by atoms with Gasteiger partial charge in [0.15, 0.2) is 0 Å². The molecule has 0 radical (unpaired) electrons. The van der Waals surface area contributed by atoms with Crippen LogP contribution in [0.2, 0.25) is 0 Å². The summed E-state index contributed by atoms with van der Waals surface area (Å²) >= 11 is 0. The quantitative estimate of drug-likeness (QED) is 0.690. The molecule has 1 aliphatic rings. The van der Waals surface area contributed by atoms with Crippen LogP contribution in [0.1, 0.15) is 51.6 Å². The molecule has 6 nitrogen and oxygen atoms in total. The summed E-state index contributed by atoms with van der Waals surface area (Å²) in [6.07, 6.45) is 3.18. The fourth-order valence-electron chi connectivity index (χ4n) is 4.12. The predicted molar refractivity (Wildman–Crippen MR) is 119 cm³/mol. The number of ether oxygens (including phenoxy) is 1. The number of anilines is 1. The molecule has 168 valence electrons. The molecule has 0 aliphatic carbocycles. The van der Waals surface area contributed by atoms with Crippen molar-refractivity contribution in [1.82, 2.24) is 5.32 Å². The first-order chi connectivity index (χ1) is 14.6. The third-order valence-electron chi connectivity index (χ3n) is 5.97. The van der Waals surface area contributed by atoms with Crippen molar-refractivity contribution in [1.29, 1.82) is 0 Å². The first-order valence-electron chi connectivity index (χ1n) is 10.4. The van der Waals surface area contributed by atoms with Gasteiger partial charge in [-0.1, -0.05) is 32.0 Å². The molecule has 8 heteroatoms. The molecule has 1 heterocycles. The Balaban J connectivity index is 1.90. The highest BCUT2D eigenvalue weighted by molar-refractivity contribution is 7.92. The molecule has 2 aromatic rings. The molecule has 0 unspecified atom stereocenters. The molecule has 0 saturated carbocycles. The summed E-state index contributed by atoms with van der Waals surface area (Å²) in [6, 6.07) is 11.3. The highest BCUT2D eigenvalue weighted by Gasteiger charge is 2.40. The second-order valence-electron chi connectivity index (χ2n) is 8.01. The van der Waals surface area contributed by atoms with Crippen molar-refractivity contribution in [3.8, 4) is 5.75 Å². The fourth-order valence-corrected chi connectivity index (χ4v) is 5.29. The normalized spacial score (nSPS) is 18.4. The van der Waals surface area contributed by atoms with Gasteiger partial charge in [0.2, 0.25) is 15.9 Å². The minimum atomic E-state index is -3.78. The zero-order valence-corrected chi connectivity index (χ0v) is 19.1. The van der Waals surface area contributed by atoms with Gasteiger partial charge in [0.25, 0.3) is 0 Å². The summed E-state index contributed by atoms with van der Waals surface area (Å²) < 4.78 is 45.6. The smallest absolute Gasteiger partial charge is 0.244 e. The van der Waals surface area contributed by atoms with Crippen molar-refractivity contribution in [2.24, 2.45) is 0 Å². The molecule has 0 aromatic heterocycles. The Labute approximate surface area is 183 Å². The number of carbonyl (C=O) groups excluding carboxylic acids is 1. The number of sulfonamides is 1. The predicted octanol–water partition coefficient (Wildman–Crippen LogP) is 4.18. The van der Waals surface area contributed by atoms with E-state index in [9.17, 15) is 17.6 Å². The Hall–Kier alpha value is -2.61. The monoisotopic (exact) mass is 448 g/mol. The number of benzene rings is 2. The van der Waals surface area contributed by atoms with E-state index in [4.69, 9.17) is 4.74 Å².